The van der Waals surface area contributed by atoms with Crippen LogP contribution >= 0.6 is 0 Å². The molecule has 0 aliphatic carbocycles. The fourth-order valence-corrected chi connectivity index (χ4v) is 3.27. The van der Waals surface area contributed by atoms with E-state index in [1.165, 1.54) is 11.3 Å². The molecule has 1 saturated heterocycles. The molecule has 128 valence electrons. The summed E-state index contributed by atoms with van der Waals surface area (Å²) in [6, 6.07) is 10.7. The first-order valence-electron chi connectivity index (χ1n) is 8.83. The summed E-state index contributed by atoms with van der Waals surface area (Å²) in [5, 5.41) is 7.88. The largest absolute Gasteiger partial charge is 0.312 e. The number of hydrogen-bond acceptors (Lipinski definition) is 3. The van der Waals surface area contributed by atoms with Crippen LogP contribution in [0.1, 0.15) is 44.0 Å². The Hall–Kier alpha value is -2.14. The number of hydrogen-bond donors (Lipinski definition) is 1. The van der Waals surface area contributed by atoms with Gasteiger partial charge in [0.05, 0.1) is 0 Å². The summed E-state index contributed by atoms with van der Waals surface area (Å²) in [7, 11) is 0. The van der Waals surface area contributed by atoms with Gasteiger partial charge in [0.15, 0.2) is 0 Å². The standard InChI is InChI=1S/C19H26N4O/c1-3-23-17(10-12-21-23)9-11-20-15(2)16-6-4-7-18(14-16)22-13-5-8-19(22)24/h4,6-7,10,12,14-15,20H,3,5,8-9,11,13H2,1-2H3. The predicted octanol–water partition coefficient (Wildman–Crippen LogP) is 2.92. The molecular weight excluding hydrogens is 300 g/mol. The van der Waals surface area contributed by atoms with Crippen molar-refractivity contribution in [3.63, 3.8) is 0 Å². The van der Waals surface area contributed by atoms with Gasteiger partial charge in [-0.1, -0.05) is 12.1 Å². The first-order chi connectivity index (χ1) is 11.7. The topological polar surface area (TPSA) is 50.2 Å². The van der Waals surface area contributed by atoms with E-state index in [9.17, 15) is 4.79 Å². The molecule has 0 spiro atoms. The van der Waals surface area contributed by atoms with Crippen molar-refractivity contribution in [2.45, 2.75) is 45.7 Å². The van der Waals surface area contributed by atoms with Gasteiger partial charge >= 0.3 is 0 Å². The highest BCUT2D eigenvalue weighted by Gasteiger charge is 2.22. The van der Waals surface area contributed by atoms with Crippen LogP contribution in [0, 0.1) is 0 Å². The summed E-state index contributed by atoms with van der Waals surface area (Å²) < 4.78 is 2.03. The first kappa shape index (κ1) is 16.7. The molecule has 2 heterocycles. The van der Waals surface area contributed by atoms with Gasteiger partial charge in [-0.2, -0.15) is 5.10 Å². The van der Waals surface area contributed by atoms with E-state index in [1.807, 2.05) is 27.9 Å². The van der Waals surface area contributed by atoms with E-state index >= 15 is 0 Å². The lowest BCUT2D eigenvalue weighted by Gasteiger charge is -2.19. The van der Waals surface area contributed by atoms with Gasteiger partial charge in [0.25, 0.3) is 0 Å². The van der Waals surface area contributed by atoms with Gasteiger partial charge in [0.2, 0.25) is 5.91 Å². The molecule has 1 aromatic carbocycles. The minimum atomic E-state index is 0.237. The van der Waals surface area contributed by atoms with Gasteiger partial charge < -0.3 is 10.2 Å². The van der Waals surface area contributed by atoms with Crippen LogP contribution in [-0.4, -0.2) is 28.8 Å². The third-order valence-electron chi connectivity index (χ3n) is 4.69. The van der Waals surface area contributed by atoms with E-state index in [2.05, 4.69) is 42.5 Å². The van der Waals surface area contributed by atoms with E-state index in [0.717, 1.165) is 38.2 Å². The Morgan fingerprint density at radius 2 is 2.21 bits per heavy atom. The van der Waals surface area contributed by atoms with Crippen LogP contribution in [0.3, 0.4) is 0 Å². The average molecular weight is 326 g/mol. The van der Waals surface area contributed by atoms with E-state index in [4.69, 9.17) is 0 Å². The lowest BCUT2D eigenvalue weighted by atomic mass is 10.1. The maximum absolute atomic E-state index is 11.9. The van der Waals surface area contributed by atoms with Gasteiger partial charge in [-0.15, -0.1) is 0 Å². The lowest BCUT2D eigenvalue weighted by molar-refractivity contribution is -0.117. The fourth-order valence-electron chi connectivity index (χ4n) is 3.27. The number of anilines is 1. The number of aromatic nitrogens is 2. The van der Waals surface area contributed by atoms with Crippen molar-refractivity contribution < 1.29 is 4.79 Å². The lowest BCUT2D eigenvalue weighted by Crippen LogP contribution is -2.25. The number of nitrogens with zero attached hydrogens (tertiary/aromatic N) is 3. The molecule has 0 saturated carbocycles. The highest BCUT2D eigenvalue weighted by molar-refractivity contribution is 5.95. The Bertz CT molecular complexity index is 694. The molecule has 0 radical (unpaired) electrons. The summed E-state index contributed by atoms with van der Waals surface area (Å²) >= 11 is 0. The molecule has 1 aliphatic rings. The third-order valence-corrected chi connectivity index (χ3v) is 4.69. The Morgan fingerprint density at radius 1 is 1.33 bits per heavy atom. The SMILES string of the molecule is CCn1nccc1CCNC(C)c1cccc(N2CCCC2=O)c1. The van der Waals surface area contributed by atoms with Gasteiger partial charge in [0, 0.05) is 56.1 Å². The van der Waals surface area contributed by atoms with Crippen LogP contribution in [0.5, 0.6) is 0 Å². The zero-order valence-corrected chi connectivity index (χ0v) is 14.5. The molecule has 1 fully saturated rings. The number of rotatable bonds is 7. The van der Waals surface area contributed by atoms with Crippen LogP contribution < -0.4 is 10.2 Å². The molecule has 1 amide bonds. The van der Waals surface area contributed by atoms with Crippen molar-refractivity contribution in [2.24, 2.45) is 0 Å². The molecule has 1 aliphatic heterocycles. The molecule has 2 aromatic rings. The number of nitrogens with one attached hydrogen (secondary N) is 1. The van der Waals surface area contributed by atoms with Crippen molar-refractivity contribution in [1.82, 2.24) is 15.1 Å². The minimum Gasteiger partial charge on any atom is -0.312 e. The molecule has 0 bridgehead atoms. The van der Waals surface area contributed by atoms with Gasteiger partial charge in [-0.25, -0.2) is 0 Å². The number of aryl methyl sites for hydroxylation is 1. The Balaban J connectivity index is 1.59. The second kappa shape index (κ2) is 7.62. The van der Waals surface area contributed by atoms with E-state index < -0.39 is 0 Å². The smallest absolute Gasteiger partial charge is 0.227 e. The molecule has 1 unspecified atom stereocenters. The van der Waals surface area contributed by atoms with Crippen molar-refractivity contribution in [2.75, 3.05) is 18.0 Å². The second-order valence-corrected chi connectivity index (χ2v) is 6.31. The molecule has 1 atom stereocenters. The monoisotopic (exact) mass is 326 g/mol. The summed E-state index contributed by atoms with van der Waals surface area (Å²) in [6.45, 7) is 6.92. The maximum Gasteiger partial charge on any atom is 0.227 e. The van der Waals surface area contributed by atoms with Crippen molar-refractivity contribution in [1.29, 1.82) is 0 Å². The van der Waals surface area contributed by atoms with Crippen LogP contribution in [-0.2, 0) is 17.8 Å². The Kier molecular flexibility index (Phi) is 5.30. The van der Waals surface area contributed by atoms with Crippen LogP contribution in [0.25, 0.3) is 0 Å². The van der Waals surface area contributed by atoms with Crippen molar-refractivity contribution in [3.05, 3.63) is 47.8 Å². The van der Waals surface area contributed by atoms with Crippen LogP contribution in [0.15, 0.2) is 36.5 Å². The summed E-state index contributed by atoms with van der Waals surface area (Å²) in [5.41, 5.74) is 3.50. The number of benzene rings is 1. The maximum atomic E-state index is 11.9. The predicted molar refractivity (Wildman–Crippen MR) is 96.1 cm³/mol. The highest BCUT2D eigenvalue weighted by atomic mass is 16.2. The average Bonchev–Trinajstić information content (AvgIpc) is 3.23. The Morgan fingerprint density at radius 3 is 2.96 bits per heavy atom. The van der Waals surface area contributed by atoms with E-state index in [0.29, 0.717) is 6.42 Å². The zero-order valence-electron chi connectivity index (χ0n) is 14.5. The number of carbonyl (C=O) groups excluding carboxylic acids is 1. The second-order valence-electron chi connectivity index (χ2n) is 6.31. The van der Waals surface area contributed by atoms with E-state index in [-0.39, 0.29) is 11.9 Å². The third kappa shape index (κ3) is 3.67. The molecule has 24 heavy (non-hydrogen) atoms. The fraction of sp³-hybridized carbons (Fsp3) is 0.474. The minimum absolute atomic E-state index is 0.237. The molecule has 5 nitrogen and oxygen atoms in total. The zero-order chi connectivity index (χ0) is 16.9. The van der Waals surface area contributed by atoms with Crippen molar-refractivity contribution >= 4 is 11.6 Å². The normalized spacial score (nSPS) is 15.9. The molecule has 1 aromatic heterocycles. The van der Waals surface area contributed by atoms with Crippen LogP contribution in [0.4, 0.5) is 5.69 Å². The summed E-state index contributed by atoms with van der Waals surface area (Å²) in [5.74, 6) is 0.237. The molecular formula is C19H26N4O. The molecule has 1 N–H and O–H groups in total. The quantitative estimate of drug-likeness (QED) is 0.851. The van der Waals surface area contributed by atoms with Crippen LogP contribution in [0.2, 0.25) is 0 Å². The Labute approximate surface area is 143 Å². The highest BCUT2D eigenvalue weighted by Crippen LogP contribution is 2.24. The summed E-state index contributed by atoms with van der Waals surface area (Å²) in [6.07, 6.45) is 4.45. The first-order valence-corrected chi connectivity index (χ1v) is 8.83. The van der Waals surface area contributed by atoms with Crippen molar-refractivity contribution in [3.8, 4) is 0 Å². The van der Waals surface area contributed by atoms with Gasteiger partial charge in [-0.3, -0.25) is 9.48 Å². The number of amides is 1. The summed E-state index contributed by atoms with van der Waals surface area (Å²) in [4.78, 5) is 13.8. The van der Waals surface area contributed by atoms with Gasteiger partial charge in [0.1, 0.15) is 0 Å². The van der Waals surface area contributed by atoms with E-state index in [1.54, 1.807) is 0 Å². The molecule has 5 heteroatoms. The van der Waals surface area contributed by atoms with Gasteiger partial charge in [-0.05, 0) is 44.0 Å². The number of carbonyl (C=O) groups is 1. The molecule has 3 rings (SSSR count).